The number of nitrogens with zero attached hydrogens (tertiary/aromatic N) is 2. The van der Waals surface area contributed by atoms with Gasteiger partial charge in [0.2, 0.25) is 0 Å². The van der Waals surface area contributed by atoms with Crippen LogP contribution in [-0.2, 0) is 6.42 Å². The molecule has 0 radical (unpaired) electrons. The number of H-pyrrole nitrogens is 1. The fraction of sp³-hybridized carbons (Fsp3) is 0.353. The molecule has 2 heterocycles. The lowest BCUT2D eigenvalue weighted by atomic mass is 10.0. The van der Waals surface area contributed by atoms with Gasteiger partial charge in [-0.15, -0.1) is 36.2 Å². The van der Waals surface area contributed by atoms with E-state index in [0.717, 1.165) is 21.9 Å². The predicted molar refractivity (Wildman–Crippen MR) is 111 cm³/mol. The third-order valence-electron chi connectivity index (χ3n) is 3.80. The first-order valence-electron chi connectivity index (χ1n) is 7.98. The standard InChI is InChI=1S/C17H21N5OS.2ClH/c1-10(2)15(16-20-11-5-3-4-6-12(11)21-16)22-17(23)13-9-24-14(19-13)7-8-18;;/h3-6,9-10,15H,7-8,18H2,1-2H3,(H,20,21)(H,22,23);2*1H. The SMILES string of the molecule is CC(C)C(NC(=O)c1csc(CCN)n1)c1nc2ccccc2[nH]1.Cl.Cl. The average Bonchev–Trinajstić information content (AvgIpc) is 3.18. The number of fused-ring (bicyclic) bond motifs is 1. The number of aromatic amines is 1. The highest BCUT2D eigenvalue weighted by atomic mass is 35.5. The zero-order valence-corrected chi connectivity index (χ0v) is 17.0. The van der Waals surface area contributed by atoms with Crippen molar-refractivity contribution in [3.8, 4) is 0 Å². The van der Waals surface area contributed by atoms with Gasteiger partial charge >= 0.3 is 0 Å². The smallest absolute Gasteiger partial charge is 0.271 e. The molecular formula is C17H23Cl2N5OS. The highest BCUT2D eigenvalue weighted by Crippen LogP contribution is 2.23. The quantitative estimate of drug-likeness (QED) is 0.573. The van der Waals surface area contributed by atoms with Crippen molar-refractivity contribution in [1.82, 2.24) is 20.3 Å². The van der Waals surface area contributed by atoms with E-state index in [1.54, 1.807) is 5.38 Å². The highest BCUT2D eigenvalue weighted by Gasteiger charge is 2.23. The van der Waals surface area contributed by atoms with Crippen LogP contribution in [0.15, 0.2) is 29.6 Å². The van der Waals surface area contributed by atoms with E-state index in [2.05, 4.69) is 34.1 Å². The number of hydrogen-bond donors (Lipinski definition) is 3. The largest absolute Gasteiger partial charge is 0.340 e. The number of thiazole rings is 1. The second-order valence-electron chi connectivity index (χ2n) is 6.00. The van der Waals surface area contributed by atoms with Gasteiger partial charge in [0.1, 0.15) is 11.5 Å². The van der Waals surface area contributed by atoms with Crippen LogP contribution in [0.4, 0.5) is 0 Å². The van der Waals surface area contributed by atoms with Gasteiger partial charge in [0, 0.05) is 11.8 Å². The number of aromatic nitrogens is 3. The third kappa shape index (κ3) is 4.94. The van der Waals surface area contributed by atoms with Crippen molar-refractivity contribution in [2.75, 3.05) is 6.54 Å². The molecule has 4 N–H and O–H groups in total. The lowest BCUT2D eigenvalue weighted by Gasteiger charge is -2.19. The molecule has 3 aromatic rings. The number of rotatable bonds is 6. The second-order valence-corrected chi connectivity index (χ2v) is 6.94. The van der Waals surface area contributed by atoms with Crippen LogP contribution in [0.2, 0.25) is 0 Å². The summed E-state index contributed by atoms with van der Waals surface area (Å²) in [6.07, 6.45) is 0.690. The van der Waals surface area contributed by atoms with Gasteiger partial charge in [0.05, 0.1) is 22.1 Å². The van der Waals surface area contributed by atoms with E-state index in [-0.39, 0.29) is 42.7 Å². The molecule has 0 saturated carbocycles. The molecule has 1 unspecified atom stereocenters. The van der Waals surface area contributed by atoms with Crippen molar-refractivity contribution in [3.63, 3.8) is 0 Å². The number of amides is 1. The summed E-state index contributed by atoms with van der Waals surface area (Å²) in [5.41, 5.74) is 7.83. The fourth-order valence-corrected chi connectivity index (χ4v) is 3.33. The zero-order valence-electron chi connectivity index (χ0n) is 14.6. The van der Waals surface area contributed by atoms with Crippen molar-refractivity contribution < 1.29 is 4.79 Å². The lowest BCUT2D eigenvalue weighted by Crippen LogP contribution is -2.32. The van der Waals surface area contributed by atoms with Crippen molar-refractivity contribution in [3.05, 3.63) is 46.2 Å². The van der Waals surface area contributed by atoms with Gasteiger partial charge in [-0.05, 0) is 24.6 Å². The van der Waals surface area contributed by atoms with E-state index in [4.69, 9.17) is 5.73 Å². The molecule has 1 atom stereocenters. The maximum atomic E-state index is 12.5. The number of carbonyl (C=O) groups is 1. The highest BCUT2D eigenvalue weighted by molar-refractivity contribution is 7.09. The number of imidazole rings is 1. The molecule has 2 aromatic heterocycles. The summed E-state index contributed by atoms with van der Waals surface area (Å²) in [5, 5.41) is 5.70. The first kappa shape index (κ1) is 22.4. The van der Waals surface area contributed by atoms with E-state index < -0.39 is 0 Å². The maximum absolute atomic E-state index is 12.5. The Bertz CT molecular complexity index is 815. The Morgan fingerprint density at radius 3 is 2.65 bits per heavy atom. The van der Waals surface area contributed by atoms with Crippen LogP contribution in [0, 0.1) is 5.92 Å². The molecule has 0 fully saturated rings. The minimum absolute atomic E-state index is 0. The summed E-state index contributed by atoms with van der Waals surface area (Å²) >= 11 is 1.46. The molecular weight excluding hydrogens is 393 g/mol. The van der Waals surface area contributed by atoms with Crippen LogP contribution in [0.5, 0.6) is 0 Å². The first-order chi connectivity index (χ1) is 11.6. The van der Waals surface area contributed by atoms with E-state index in [9.17, 15) is 4.79 Å². The number of nitrogens with two attached hydrogens (primary N) is 1. The molecule has 0 aliphatic rings. The van der Waals surface area contributed by atoms with Gasteiger partial charge in [-0.1, -0.05) is 26.0 Å². The number of benzene rings is 1. The summed E-state index contributed by atoms with van der Waals surface area (Å²) in [7, 11) is 0. The van der Waals surface area contributed by atoms with Crippen molar-refractivity contribution in [1.29, 1.82) is 0 Å². The molecule has 0 bridgehead atoms. The van der Waals surface area contributed by atoms with Gasteiger partial charge in [-0.2, -0.15) is 0 Å². The molecule has 0 aliphatic carbocycles. The van der Waals surface area contributed by atoms with Gasteiger partial charge in [-0.25, -0.2) is 9.97 Å². The summed E-state index contributed by atoms with van der Waals surface area (Å²) in [4.78, 5) is 24.8. The molecule has 0 aliphatic heterocycles. The molecule has 0 spiro atoms. The summed E-state index contributed by atoms with van der Waals surface area (Å²) in [6, 6.07) is 7.63. The van der Waals surface area contributed by atoms with E-state index in [0.29, 0.717) is 18.7 Å². The van der Waals surface area contributed by atoms with Gasteiger partial charge in [-0.3, -0.25) is 4.79 Å². The second kappa shape index (κ2) is 9.87. The zero-order chi connectivity index (χ0) is 17.1. The Hall–Kier alpha value is -1.67. The van der Waals surface area contributed by atoms with Gasteiger partial charge < -0.3 is 16.0 Å². The molecule has 3 rings (SSSR count). The minimum Gasteiger partial charge on any atom is -0.340 e. The van der Waals surface area contributed by atoms with Crippen LogP contribution in [0.1, 0.15) is 41.2 Å². The maximum Gasteiger partial charge on any atom is 0.271 e. The first-order valence-corrected chi connectivity index (χ1v) is 8.86. The Balaban J connectivity index is 0.00000169. The van der Waals surface area contributed by atoms with Crippen LogP contribution in [0.3, 0.4) is 0 Å². The summed E-state index contributed by atoms with van der Waals surface area (Å²) < 4.78 is 0. The molecule has 6 nitrogen and oxygen atoms in total. The third-order valence-corrected chi connectivity index (χ3v) is 4.71. The Labute approximate surface area is 168 Å². The van der Waals surface area contributed by atoms with Crippen LogP contribution >= 0.6 is 36.2 Å². The molecule has 142 valence electrons. The van der Waals surface area contributed by atoms with E-state index in [1.165, 1.54) is 11.3 Å². The van der Waals surface area contributed by atoms with Crippen molar-refractivity contribution >= 4 is 53.1 Å². The van der Waals surface area contributed by atoms with E-state index >= 15 is 0 Å². The molecule has 1 aromatic carbocycles. The van der Waals surface area contributed by atoms with Gasteiger partial charge in [0.15, 0.2) is 0 Å². The van der Waals surface area contributed by atoms with Crippen molar-refractivity contribution in [2.24, 2.45) is 11.7 Å². The lowest BCUT2D eigenvalue weighted by molar-refractivity contribution is 0.0919. The number of halogens is 2. The fourth-order valence-electron chi connectivity index (χ4n) is 2.54. The van der Waals surface area contributed by atoms with Crippen molar-refractivity contribution in [2.45, 2.75) is 26.3 Å². The average molecular weight is 416 g/mol. The van der Waals surface area contributed by atoms with Crippen LogP contribution in [-0.4, -0.2) is 27.4 Å². The number of hydrogen-bond acceptors (Lipinski definition) is 5. The predicted octanol–water partition coefficient (Wildman–Crippen LogP) is 3.49. The Kier molecular flexibility index (Phi) is 8.49. The number of nitrogens with one attached hydrogen (secondary N) is 2. The number of carbonyl (C=O) groups excluding carboxylic acids is 1. The minimum atomic E-state index is -0.204. The van der Waals surface area contributed by atoms with Crippen LogP contribution < -0.4 is 11.1 Å². The normalized spacial score (nSPS) is 11.7. The summed E-state index contributed by atoms with van der Waals surface area (Å²) in [5.74, 6) is 0.766. The molecule has 9 heteroatoms. The van der Waals surface area contributed by atoms with E-state index in [1.807, 2.05) is 24.3 Å². The molecule has 0 saturated heterocycles. The molecule has 1 amide bonds. The monoisotopic (exact) mass is 415 g/mol. The Morgan fingerprint density at radius 1 is 1.27 bits per heavy atom. The van der Waals surface area contributed by atoms with Gasteiger partial charge in [0.25, 0.3) is 5.91 Å². The number of para-hydroxylation sites is 2. The Morgan fingerprint density at radius 2 is 2.00 bits per heavy atom. The molecule has 26 heavy (non-hydrogen) atoms. The summed E-state index contributed by atoms with van der Waals surface area (Å²) in [6.45, 7) is 4.64. The topological polar surface area (TPSA) is 96.7 Å². The van der Waals surface area contributed by atoms with Crippen LogP contribution in [0.25, 0.3) is 11.0 Å².